The van der Waals surface area contributed by atoms with Gasteiger partial charge in [0.1, 0.15) is 5.84 Å². The van der Waals surface area contributed by atoms with Crippen LogP contribution in [0.3, 0.4) is 0 Å². The molecule has 1 aromatic rings. The quantitative estimate of drug-likeness (QED) is 0.292. The molecule has 3 rings (SSSR count). The molecule has 0 radical (unpaired) electrons. The van der Waals surface area contributed by atoms with Crippen LogP contribution in [-0.2, 0) is 9.53 Å². The van der Waals surface area contributed by atoms with Crippen molar-refractivity contribution in [1.82, 2.24) is 15.5 Å². The minimum atomic E-state index is -0.811. The van der Waals surface area contributed by atoms with Crippen LogP contribution in [0.1, 0.15) is 11.1 Å². The summed E-state index contributed by atoms with van der Waals surface area (Å²) in [6, 6.07) is 5.92. The van der Waals surface area contributed by atoms with Gasteiger partial charge in [0.25, 0.3) is 5.91 Å². The summed E-state index contributed by atoms with van der Waals surface area (Å²) in [6.07, 6.45) is 0. The highest BCUT2D eigenvalue weighted by Crippen LogP contribution is 2.09. The number of amides is 3. The Hall–Kier alpha value is -2.85. The van der Waals surface area contributed by atoms with Gasteiger partial charge in [0.2, 0.25) is 0 Å². The summed E-state index contributed by atoms with van der Waals surface area (Å²) in [4.78, 5) is 24.4. The molecule has 118 valence electrons. The van der Waals surface area contributed by atoms with E-state index in [0.29, 0.717) is 19.0 Å². The SMILES string of the molecule is N=C(c1ccc(C#C[C@@H]2NC(=O)NC2=O)cc1)N1CCOCC1. The van der Waals surface area contributed by atoms with Gasteiger partial charge in [0.05, 0.1) is 13.2 Å². The molecule has 1 aromatic carbocycles. The van der Waals surface area contributed by atoms with Crippen molar-refractivity contribution >= 4 is 17.8 Å². The van der Waals surface area contributed by atoms with E-state index in [1.165, 1.54) is 0 Å². The lowest BCUT2D eigenvalue weighted by Crippen LogP contribution is -2.40. The zero-order chi connectivity index (χ0) is 16.2. The number of nitrogens with one attached hydrogen (secondary N) is 3. The Bertz CT molecular complexity index is 696. The lowest BCUT2D eigenvalue weighted by atomic mass is 10.1. The van der Waals surface area contributed by atoms with E-state index in [0.717, 1.165) is 24.2 Å². The molecule has 23 heavy (non-hydrogen) atoms. The molecule has 2 fully saturated rings. The average molecular weight is 312 g/mol. The monoisotopic (exact) mass is 312 g/mol. The van der Waals surface area contributed by atoms with Crippen LogP contribution in [0.4, 0.5) is 4.79 Å². The maximum absolute atomic E-state index is 11.4. The van der Waals surface area contributed by atoms with Crippen molar-refractivity contribution in [3.63, 3.8) is 0 Å². The van der Waals surface area contributed by atoms with Crippen LogP contribution in [0, 0.1) is 17.3 Å². The number of hydrogen-bond acceptors (Lipinski definition) is 4. The highest BCUT2D eigenvalue weighted by atomic mass is 16.5. The zero-order valence-electron chi connectivity index (χ0n) is 12.4. The number of amidine groups is 1. The molecule has 2 saturated heterocycles. The van der Waals surface area contributed by atoms with Gasteiger partial charge in [0, 0.05) is 24.2 Å². The number of carbonyl (C=O) groups is 2. The maximum Gasteiger partial charge on any atom is 0.322 e. The van der Waals surface area contributed by atoms with E-state index in [4.69, 9.17) is 10.1 Å². The third-order valence-corrected chi connectivity index (χ3v) is 3.62. The number of hydrogen-bond donors (Lipinski definition) is 3. The largest absolute Gasteiger partial charge is 0.378 e. The molecule has 0 aliphatic carbocycles. The topological polar surface area (TPSA) is 94.5 Å². The summed E-state index contributed by atoms with van der Waals surface area (Å²) in [5.41, 5.74) is 1.53. The average Bonchev–Trinajstić information content (AvgIpc) is 2.91. The molecule has 0 saturated carbocycles. The van der Waals surface area contributed by atoms with Crippen LogP contribution in [0.25, 0.3) is 0 Å². The zero-order valence-corrected chi connectivity index (χ0v) is 12.4. The molecule has 1 atom stereocenters. The summed E-state index contributed by atoms with van der Waals surface area (Å²) in [6.45, 7) is 2.72. The third-order valence-electron chi connectivity index (χ3n) is 3.62. The van der Waals surface area contributed by atoms with E-state index in [-0.39, 0.29) is 0 Å². The van der Waals surface area contributed by atoms with Crippen LogP contribution in [0.2, 0.25) is 0 Å². The fraction of sp³-hybridized carbons (Fsp3) is 0.312. The van der Waals surface area contributed by atoms with Crippen LogP contribution < -0.4 is 10.6 Å². The van der Waals surface area contributed by atoms with Crippen molar-refractivity contribution in [2.75, 3.05) is 26.3 Å². The predicted molar refractivity (Wildman–Crippen MR) is 83.0 cm³/mol. The smallest absolute Gasteiger partial charge is 0.322 e. The molecule has 3 N–H and O–H groups in total. The van der Waals surface area contributed by atoms with Crippen LogP contribution in [-0.4, -0.2) is 55.0 Å². The van der Waals surface area contributed by atoms with Crippen LogP contribution in [0.5, 0.6) is 0 Å². The van der Waals surface area contributed by atoms with Crippen molar-refractivity contribution in [3.8, 4) is 11.8 Å². The summed E-state index contributed by atoms with van der Waals surface area (Å²) >= 11 is 0. The van der Waals surface area contributed by atoms with Gasteiger partial charge in [-0.25, -0.2) is 4.79 Å². The Morgan fingerprint density at radius 2 is 1.91 bits per heavy atom. The molecule has 0 unspecified atom stereocenters. The Balaban J connectivity index is 1.66. The first-order chi connectivity index (χ1) is 11.1. The number of urea groups is 1. The lowest BCUT2D eigenvalue weighted by Gasteiger charge is -2.29. The van der Waals surface area contributed by atoms with Gasteiger partial charge >= 0.3 is 6.03 Å². The van der Waals surface area contributed by atoms with Crippen molar-refractivity contribution in [2.45, 2.75) is 6.04 Å². The van der Waals surface area contributed by atoms with Gasteiger partial charge in [-0.2, -0.15) is 0 Å². The summed E-state index contributed by atoms with van der Waals surface area (Å²) in [7, 11) is 0. The number of rotatable bonds is 1. The highest BCUT2D eigenvalue weighted by molar-refractivity contribution is 6.05. The minimum absolute atomic E-state index is 0.437. The van der Waals surface area contributed by atoms with Crippen LogP contribution >= 0.6 is 0 Å². The standard InChI is InChI=1S/C16H16N4O3/c17-14(20-7-9-23-10-8-20)12-4-1-11(2-5-12)3-6-13-15(21)19-16(22)18-13/h1-2,4-5,13,17H,7-10H2,(H2,18,19,21,22)/t13-/m0/s1. The number of imide groups is 1. The highest BCUT2D eigenvalue weighted by Gasteiger charge is 2.27. The van der Waals surface area contributed by atoms with Gasteiger partial charge in [-0.3, -0.25) is 15.5 Å². The molecule has 2 aliphatic rings. The molecule has 0 bridgehead atoms. The first-order valence-corrected chi connectivity index (χ1v) is 7.28. The number of benzene rings is 1. The van der Waals surface area contributed by atoms with E-state index in [2.05, 4.69) is 22.5 Å². The molecule has 0 aromatic heterocycles. The van der Waals surface area contributed by atoms with Gasteiger partial charge in [-0.05, 0) is 12.1 Å². The second-order valence-corrected chi connectivity index (χ2v) is 5.19. The van der Waals surface area contributed by atoms with E-state index in [9.17, 15) is 9.59 Å². The van der Waals surface area contributed by atoms with Gasteiger partial charge in [0.15, 0.2) is 6.04 Å². The summed E-state index contributed by atoms with van der Waals surface area (Å²) in [5.74, 6) is 5.60. The Morgan fingerprint density at radius 3 is 2.52 bits per heavy atom. The Labute approximate surface area is 133 Å². The molecule has 3 amide bonds. The fourth-order valence-electron chi connectivity index (χ4n) is 2.35. The lowest BCUT2D eigenvalue weighted by molar-refractivity contribution is -0.119. The number of carbonyl (C=O) groups excluding carboxylic acids is 2. The van der Waals surface area contributed by atoms with Gasteiger partial charge < -0.3 is 15.0 Å². The van der Waals surface area contributed by atoms with Crippen molar-refractivity contribution in [1.29, 1.82) is 5.41 Å². The Kier molecular flexibility index (Phi) is 4.26. The molecule has 7 heteroatoms. The minimum Gasteiger partial charge on any atom is -0.378 e. The molecule has 0 spiro atoms. The van der Waals surface area contributed by atoms with E-state index >= 15 is 0 Å². The first kappa shape index (κ1) is 15.1. The van der Waals surface area contributed by atoms with E-state index < -0.39 is 18.0 Å². The Morgan fingerprint density at radius 1 is 1.22 bits per heavy atom. The predicted octanol–water partition coefficient (Wildman–Crippen LogP) is -0.0963. The van der Waals surface area contributed by atoms with Crippen LogP contribution in [0.15, 0.2) is 24.3 Å². The van der Waals surface area contributed by atoms with Crippen molar-refractivity contribution in [3.05, 3.63) is 35.4 Å². The summed E-state index contributed by atoms with van der Waals surface area (Å²) < 4.78 is 5.28. The molecular weight excluding hydrogens is 296 g/mol. The second kappa shape index (κ2) is 6.50. The van der Waals surface area contributed by atoms with Gasteiger partial charge in [-0.1, -0.05) is 24.0 Å². The molecule has 7 nitrogen and oxygen atoms in total. The summed E-state index contributed by atoms with van der Waals surface area (Å²) in [5, 5.41) is 12.8. The van der Waals surface area contributed by atoms with E-state index in [1.54, 1.807) is 12.1 Å². The normalized spacial score (nSPS) is 20.3. The van der Waals surface area contributed by atoms with Crippen molar-refractivity contribution < 1.29 is 14.3 Å². The number of morpholine rings is 1. The fourth-order valence-corrected chi connectivity index (χ4v) is 2.35. The van der Waals surface area contributed by atoms with Crippen molar-refractivity contribution in [2.24, 2.45) is 0 Å². The van der Waals surface area contributed by atoms with Gasteiger partial charge in [-0.15, -0.1) is 0 Å². The number of ether oxygens (including phenoxy) is 1. The first-order valence-electron chi connectivity index (χ1n) is 7.28. The third kappa shape index (κ3) is 3.49. The molecule has 2 heterocycles. The molecule has 2 aliphatic heterocycles. The van der Waals surface area contributed by atoms with E-state index in [1.807, 2.05) is 17.0 Å². The molecular formula is C16H16N4O3. The second-order valence-electron chi connectivity index (χ2n) is 5.19. The number of nitrogens with zero attached hydrogens (tertiary/aromatic N) is 1. The maximum atomic E-state index is 11.4.